The van der Waals surface area contributed by atoms with Crippen molar-refractivity contribution >= 4 is 49.6 Å². The average Bonchev–Trinajstić information content (AvgIpc) is 3.07. The number of nitrogens with two attached hydrogens (primary N) is 1. The first kappa shape index (κ1) is 21.3. The van der Waals surface area contributed by atoms with Crippen molar-refractivity contribution in [2.45, 2.75) is 6.18 Å². The lowest BCUT2D eigenvalue weighted by molar-refractivity contribution is -0.192. The van der Waals surface area contributed by atoms with Crippen molar-refractivity contribution in [3.63, 3.8) is 0 Å². The molecule has 6 nitrogen and oxygen atoms in total. The molecule has 2 heterocycles. The number of H-pyrrole nitrogens is 1. The van der Waals surface area contributed by atoms with E-state index in [1.54, 1.807) is 6.20 Å². The predicted octanol–water partition coefficient (Wildman–Crippen LogP) is 4.88. The van der Waals surface area contributed by atoms with Crippen LogP contribution in [0.2, 0.25) is 0 Å². The number of primary amides is 1. The van der Waals surface area contributed by atoms with Gasteiger partial charge in [0.25, 0.3) is 5.91 Å². The van der Waals surface area contributed by atoms with Gasteiger partial charge in [-0.2, -0.15) is 13.2 Å². The maximum absolute atomic E-state index is 11.8. The van der Waals surface area contributed by atoms with Gasteiger partial charge in [0.05, 0.1) is 16.6 Å². The fraction of sp³-hybridized carbons (Fsp3) is 0.0500. The second-order valence-corrected chi connectivity index (χ2v) is 6.98. The van der Waals surface area contributed by atoms with Gasteiger partial charge in [-0.25, -0.2) is 4.79 Å². The topological polar surface area (TPSA) is 109 Å². The molecule has 0 atom stereocenters. The molecule has 30 heavy (non-hydrogen) atoms. The van der Waals surface area contributed by atoms with Crippen LogP contribution in [0.3, 0.4) is 0 Å². The summed E-state index contributed by atoms with van der Waals surface area (Å²) in [6.07, 6.45) is -1.50. The molecule has 0 radical (unpaired) electrons. The van der Waals surface area contributed by atoms with Crippen LogP contribution in [-0.4, -0.2) is 33.1 Å². The Morgan fingerprint density at radius 2 is 1.80 bits per heavy atom. The Labute approximate surface area is 175 Å². The number of nitrogens with one attached hydrogen (secondary N) is 1. The second-order valence-electron chi connectivity index (χ2n) is 6.13. The van der Waals surface area contributed by atoms with E-state index in [1.807, 2.05) is 48.7 Å². The highest BCUT2D eigenvalue weighted by atomic mass is 79.9. The summed E-state index contributed by atoms with van der Waals surface area (Å²) in [7, 11) is 0. The molecule has 0 aliphatic rings. The Morgan fingerprint density at radius 1 is 1.10 bits per heavy atom. The van der Waals surface area contributed by atoms with E-state index in [0.29, 0.717) is 5.56 Å². The van der Waals surface area contributed by atoms with Gasteiger partial charge in [0.15, 0.2) is 0 Å². The van der Waals surface area contributed by atoms with Crippen LogP contribution in [0.15, 0.2) is 59.3 Å². The highest BCUT2D eigenvalue weighted by molar-refractivity contribution is 9.10. The molecule has 0 aliphatic heterocycles. The summed E-state index contributed by atoms with van der Waals surface area (Å²) in [6, 6.07) is 13.8. The number of nitrogens with zero attached hydrogens (tertiary/aromatic N) is 1. The lowest BCUT2D eigenvalue weighted by Crippen LogP contribution is -2.21. The zero-order valence-electron chi connectivity index (χ0n) is 15.0. The van der Waals surface area contributed by atoms with E-state index in [0.717, 1.165) is 37.4 Å². The number of carboxylic acids is 1. The summed E-state index contributed by atoms with van der Waals surface area (Å²) < 4.78 is 32.6. The Kier molecular flexibility index (Phi) is 5.79. The maximum Gasteiger partial charge on any atom is 0.490 e. The van der Waals surface area contributed by atoms with Crippen molar-refractivity contribution in [1.82, 2.24) is 9.97 Å². The minimum absolute atomic E-state index is 0.454. The molecule has 0 bridgehead atoms. The number of benzene rings is 2. The lowest BCUT2D eigenvalue weighted by Gasteiger charge is -2.09. The van der Waals surface area contributed by atoms with Crippen LogP contribution in [0.4, 0.5) is 13.2 Å². The first-order valence-corrected chi connectivity index (χ1v) is 9.13. The number of amides is 1. The molecule has 0 unspecified atom stereocenters. The molecule has 10 heteroatoms. The molecule has 0 saturated carbocycles. The van der Waals surface area contributed by atoms with Gasteiger partial charge in [0, 0.05) is 27.6 Å². The number of hydrogen-bond acceptors (Lipinski definition) is 3. The van der Waals surface area contributed by atoms with Crippen LogP contribution < -0.4 is 5.73 Å². The SMILES string of the molecule is NC(=O)c1cc(-c2cccc3ncccc23)cc2c(Br)c[nH]c12.O=C(O)C(F)(F)F. The Bertz CT molecular complexity index is 1260. The van der Waals surface area contributed by atoms with Crippen molar-refractivity contribution in [3.05, 3.63) is 64.9 Å². The third kappa shape index (κ3) is 4.28. The number of aliphatic carboxylic acids is 1. The number of carbonyl (C=O) groups excluding carboxylic acids is 1. The maximum atomic E-state index is 11.8. The summed E-state index contributed by atoms with van der Waals surface area (Å²) in [6.45, 7) is 0. The molecule has 0 fully saturated rings. The minimum atomic E-state index is -5.08. The normalized spacial score (nSPS) is 11.2. The zero-order chi connectivity index (χ0) is 22.1. The van der Waals surface area contributed by atoms with Gasteiger partial charge in [-0.1, -0.05) is 18.2 Å². The number of aromatic nitrogens is 2. The number of fused-ring (bicyclic) bond motifs is 2. The van der Waals surface area contributed by atoms with Crippen LogP contribution in [0.1, 0.15) is 10.4 Å². The molecule has 1 amide bonds. The fourth-order valence-electron chi connectivity index (χ4n) is 2.90. The number of alkyl halides is 3. The van der Waals surface area contributed by atoms with Crippen molar-refractivity contribution in [1.29, 1.82) is 0 Å². The molecule has 0 aliphatic carbocycles. The third-order valence-electron chi connectivity index (χ3n) is 4.20. The number of carbonyl (C=O) groups is 2. The van der Waals surface area contributed by atoms with Gasteiger partial charge < -0.3 is 15.8 Å². The Hall–Kier alpha value is -3.40. The van der Waals surface area contributed by atoms with Crippen molar-refractivity contribution in [3.8, 4) is 11.1 Å². The number of halogens is 4. The standard InChI is InChI=1S/C18H12BrN3O.C2HF3O2/c19-15-9-22-17-13(15)7-10(8-14(17)18(20)23)11-3-1-5-16-12(11)4-2-6-21-16;3-2(4,5)1(6)7/h1-9,22H,(H2,20,23);(H,6,7). The van der Waals surface area contributed by atoms with Gasteiger partial charge in [-0.05, 0) is 51.3 Å². The van der Waals surface area contributed by atoms with E-state index < -0.39 is 18.1 Å². The smallest absolute Gasteiger partial charge is 0.475 e. The quantitative estimate of drug-likeness (QED) is 0.380. The van der Waals surface area contributed by atoms with Gasteiger partial charge in [-0.15, -0.1) is 0 Å². The first-order chi connectivity index (χ1) is 14.1. The molecule has 4 aromatic rings. The van der Waals surface area contributed by atoms with Crippen molar-refractivity contribution in [2.24, 2.45) is 5.73 Å². The summed E-state index contributed by atoms with van der Waals surface area (Å²) in [4.78, 5) is 28.2. The highest BCUT2D eigenvalue weighted by Gasteiger charge is 2.38. The zero-order valence-corrected chi connectivity index (χ0v) is 16.6. The molecular formula is C20H13BrF3N3O3. The van der Waals surface area contributed by atoms with Gasteiger partial charge >= 0.3 is 12.1 Å². The van der Waals surface area contributed by atoms with Crippen LogP contribution in [0.25, 0.3) is 32.9 Å². The number of hydrogen-bond donors (Lipinski definition) is 3. The van der Waals surface area contributed by atoms with Crippen LogP contribution >= 0.6 is 15.9 Å². The molecule has 4 rings (SSSR count). The first-order valence-electron chi connectivity index (χ1n) is 8.34. The average molecular weight is 480 g/mol. The summed E-state index contributed by atoms with van der Waals surface area (Å²) in [5.74, 6) is -3.21. The molecule has 0 spiro atoms. The summed E-state index contributed by atoms with van der Waals surface area (Å²) >= 11 is 3.51. The number of rotatable bonds is 2. The highest BCUT2D eigenvalue weighted by Crippen LogP contribution is 2.34. The lowest BCUT2D eigenvalue weighted by atomic mass is 9.97. The Morgan fingerprint density at radius 3 is 2.43 bits per heavy atom. The van der Waals surface area contributed by atoms with E-state index in [4.69, 9.17) is 15.6 Å². The van der Waals surface area contributed by atoms with Gasteiger partial charge in [-0.3, -0.25) is 9.78 Å². The van der Waals surface area contributed by atoms with E-state index in [2.05, 4.69) is 25.9 Å². The Balaban J connectivity index is 0.000000318. The number of carboxylic acid groups (broad SMARTS) is 1. The molecule has 2 aromatic carbocycles. The van der Waals surface area contributed by atoms with Crippen LogP contribution in [0, 0.1) is 0 Å². The number of pyridine rings is 1. The molecule has 154 valence electrons. The predicted molar refractivity (Wildman–Crippen MR) is 109 cm³/mol. The molecule has 2 aromatic heterocycles. The summed E-state index contributed by atoms with van der Waals surface area (Å²) in [5.41, 5.74) is 9.65. The van der Waals surface area contributed by atoms with Crippen molar-refractivity contribution < 1.29 is 27.9 Å². The third-order valence-corrected chi connectivity index (χ3v) is 4.86. The van der Waals surface area contributed by atoms with Crippen molar-refractivity contribution in [2.75, 3.05) is 0 Å². The van der Waals surface area contributed by atoms with E-state index in [9.17, 15) is 18.0 Å². The second kappa shape index (κ2) is 8.15. The molecule has 0 saturated heterocycles. The molecule has 4 N–H and O–H groups in total. The summed E-state index contributed by atoms with van der Waals surface area (Å²) in [5, 5.41) is 9.09. The van der Waals surface area contributed by atoms with Gasteiger partial charge in [0.2, 0.25) is 0 Å². The fourth-order valence-corrected chi connectivity index (χ4v) is 3.33. The van der Waals surface area contributed by atoms with E-state index >= 15 is 0 Å². The number of aromatic amines is 1. The minimum Gasteiger partial charge on any atom is -0.475 e. The van der Waals surface area contributed by atoms with E-state index in [1.165, 1.54) is 0 Å². The largest absolute Gasteiger partial charge is 0.490 e. The monoisotopic (exact) mass is 479 g/mol. The van der Waals surface area contributed by atoms with Crippen LogP contribution in [0.5, 0.6) is 0 Å². The van der Waals surface area contributed by atoms with E-state index in [-0.39, 0.29) is 0 Å². The van der Waals surface area contributed by atoms with Crippen LogP contribution in [-0.2, 0) is 4.79 Å². The molecular weight excluding hydrogens is 467 g/mol. The van der Waals surface area contributed by atoms with Gasteiger partial charge in [0.1, 0.15) is 0 Å².